The van der Waals surface area contributed by atoms with Gasteiger partial charge in [0.25, 0.3) is 0 Å². The molecule has 1 heterocycles. The van der Waals surface area contributed by atoms with Gasteiger partial charge in [0.05, 0.1) is 0 Å². The van der Waals surface area contributed by atoms with Crippen LogP contribution >= 0.6 is 0 Å². The molecule has 0 aliphatic heterocycles. The number of nitrogens with one attached hydrogen (secondary N) is 1. The van der Waals surface area contributed by atoms with Gasteiger partial charge in [0.15, 0.2) is 0 Å². The molecular weight excluding hydrogens is 206 g/mol. The Balaban J connectivity index is 2.21. The van der Waals surface area contributed by atoms with Crippen molar-refractivity contribution in [3.05, 3.63) is 18.1 Å². The first kappa shape index (κ1) is 10.9. The van der Waals surface area contributed by atoms with Gasteiger partial charge in [0.2, 0.25) is 0 Å². The van der Waals surface area contributed by atoms with Gasteiger partial charge in [0, 0.05) is 11.8 Å². The van der Waals surface area contributed by atoms with Crippen LogP contribution < -0.4 is 5.32 Å². The maximum atomic E-state index is 11.3. The molecule has 16 heavy (non-hydrogen) atoms. The van der Waals surface area contributed by atoms with Crippen molar-refractivity contribution in [3.8, 4) is 0 Å². The number of carbonyl (C=O) groups is 1. The number of nitrogens with zero attached hydrogens (tertiary/aromatic N) is 2. The fraction of sp³-hybridized carbons (Fsp3) is 0.545. The van der Waals surface area contributed by atoms with E-state index in [1.165, 1.54) is 6.33 Å². The number of carboxylic acid groups (broad SMARTS) is 1. The largest absolute Gasteiger partial charge is 0.480 e. The highest BCUT2D eigenvalue weighted by Crippen LogP contribution is 2.32. The summed E-state index contributed by atoms with van der Waals surface area (Å²) in [5, 5.41) is 12.3. The Labute approximate surface area is 93.9 Å². The molecule has 1 saturated carbocycles. The number of rotatable bonds is 3. The Morgan fingerprint density at radius 3 is 2.69 bits per heavy atom. The van der Waals surface area contributed by atoms with Crippen molar-refractivity contribution in [1.82, 2.24) is 9.97 Å². The van der Waals surface area contributed by atoms with Crippen LogP contribution in [-0.4, -0.2) is 26.6 Å². The molecule has 0 radical (unpaired) electrons. The van der Waals surface area contributed by atoms with Gasteiger partial charge >= 0.3 is 5.97 Å². The highest BCUT2D eigenvalue weighted by molar-refractivity contribution is 5.82. The molecule has 1 fully saturated rings. The van der Waals surface area contributed by atoms with E-state index in [4.69, 9.17) is 0 Å². The van der Waals surface area contributed by atoms with E-state index < -0.39 is 11.5 Å². The van der Waals surface area contributed by atoms with Crippen molar-refractivity contribution in [3.63, 3.8) is 0 Å². The number of carboxylic acids is 1. The zero-order chi connectivity index (χ0) is 11.6. The summed E-state index contributed by atoms with van der Waals surface area (Å²) in [6.07, 6.45) is 4.66. The van der Waals surface area contributed by atoms with Crippen LogP contribution in [0.4, 0.5) is 5.82 Å². The molecule has 1 aromatic heterocycles. The van der Waals surface area contributed by atoms with E-state index in [1.807, 2.05) is 6.92 Å². The van der Waals surface area contributed by atoms with Crippen LogP contribution in [0, 0.1) is 6.92 Å². The summed E-state index contributed by atoms with van der Waals surface area (Å²) in [7, 11) is 0. The van der Waals surface area contributed by atoms with Gasteiger partial charge in [-0.1, -0.05) is 12.8 Å². The standard InChI is InChI=1S/C11H15N3O2/c1-8-6-9(13-7-12-8)14-11(10(15)16)4-2-3-5-11/h6-7H,2-5H2,1H3,(H,15,16)(H,12,13,14). The maximum absolute atomic E-state index is 11.3. The van der Waals surface area contributed by atoms with Gasteiger partial charge < -0.3 is 10.4 Å². The first-order valence-electron chi connectivity index (χ1n) is 5.43. The van der Waals surface area contributed by atoms with Crippen molar-refractivity contribution < 1.29 is 9.90 Å². The average molecular weight is 221 g/mol. The van der Waals surface area contributed by atoms with Gasteiger partial charge in [-0.3, -0.25) is 0 Å². The summed E-state index contributed by atoms with van der Waals surface area (Å²) >= 11 is 0. The first-order chi connectivity index (χ1) is 7.62. The van der Waals surface area contributed by atoms with Gasteiger partial charge in [-0.2, -0.15) is 0 Å². The van der Waals surface area contributed by atoms with E-state index in [2.05, 4.69) is 15.3 Å². The molecule has 0 spiro atoms. The van der Waals surface area contributed by atoms with Gasteiger partial charge in [0.1, 0.15) is 17.7 Å². The topological polar surface area (TPSA) is 75.1 Å². The molecule has 1 aromatic rings. The first-order valence-corrected chi connectivity index (χ1v) is 5.43. The quantitative estimate of drug-likeness (QED) is 0.810. The van der Waals surface area contributed by atoms with Crippen LogP contribution in [0.15, 0.2) is 12.4 Å². The highest BCUT2D eigenvalue weighted by atomic mass is 16.4. The minimum Gasteiger partial charge on any atom is -0.480 e. The summed E-state index contributed by atoms with van der Waals surface area (Å²) in [5.41, 5.74) is -0.00288. The van der Waals surface area contributed by atoms with Crippen LogP contribution in [0.25, 0.3) is 0 Å². The van der Waals surface area contributed by atoms with Gasteiger partial charge in [-0.25, -0.2) is 14.8 Å². The molecule has 5 heteroatoms. The van der Waals surface area contributed by atoms with Gasteiger partial charge in [-0.15, -0.1) is 0 Å². The molecular formula is C11H15N3O2. The van der Waals surface area contributed by atoms with Crippen molar-refractivity contribution in [2.75, 3.05) is 5.32 Å². The predicted molar refractivity (Wildman–Crippen MR) is 59.2 cm³/mol. The zero-order valence-corrected chi connectivity index (χ0v) is 9.23. The Kier molecular flexibility index (Phi) is 2.77. The number of hydrogen-bond acceptors (Lipinski definition) is 4. The lowest BCUT2D eigenvalue weighted by molar-refractivity contribution is -0.142. The molecule has 0 saturated heterocycles. The van der Waals surface area contributed by atoms with Crippen LogP contribution in [-0.2, 0) is 4.79 Å². The zero-order valence-electron chi connectivity index (χ0n) is 9.23. The molecule has 0 amide bonds. The van der Waals surface area contributed by atoms with E-state index in [9.17, 15) is 9.90 Å². The van der Waals surface area contributed by atoms with Crippen LogP contribution in [0.2, 0.25) is 0 Å². The van der Waals surface area contributed by atoms with Crippen molar-refractivity contribution in [1.29, 1.82) is 0 Å². The molecule has 0 aromatic carbocycles. The third-order valence-corrected chi connectivity index (χ3v) is 3.04. The second-order valence-corrected chi connectivity index (χ2v) is 4.26. The molecule has 2 N–H and O–H groups in total. The second-order valence-electron chi connectivity index (χ2n) is 4.26. The SMILES string of the molecule is Cc1cc(NC2(C(=O)O)CCCC2)ncn1. The van der Waals surface area contributed by atoms with E-state index in [0.29, 0.717) is 18.7 Å². The van der Waals surface area contributed by atoms with Crippen molar-refractivity contribution in [2.24, 2.45) is 0 Å². The summed E-state index contributed by atoms with van der Waals surface area (Å²) in [6, 6.07) is 1.77. The normalized spacial score (nSPS) is 18.3. The number of aromatic nitrogens is 2. The van der Waals surface area contributed by atoms with E-state index in [1.54, 1.807) is 6.07 Å². The molecule has 2 rings (SSSR count). The summed E-state index contributed by atoms with van der Waals surface area (Å²) < 4.78 is 0. The summed E-state index contributed by atoms with van der Waals surface area (Å²) in [5.74, 6) is -0.196. The lowest BCUT2D eigenvalue weighted by Crippen LogP contribution is -2.43. The van der Waals surface area contributed by atoms with Crippen LogP contribution in [0.5, 0.6) is 0 Å². The Bertz CT molecular complexity index is 400. The number of aryl methyl sites for hydroxylation is 1. The lowest BCUT2D eigenvalue weighted by atomic mass is 9.98. The van der Waals surface area contributed by atoms with E-state index >= 15 is 0 Å². The van der Waals surface area contributed by atoms with E-state index in [-0.39, 0.29) is 0 Å². The third kappa shape index (κ3) is 1.98. The Morgan fingerprint density at radius 1 is 1.44 bits per heavy atom. The Morgan fingerprint density at radius 2 is 2.12 bits per heavy atom. The highest BCUT2D eigenvalue weighted by Gasteiger charge is 2.41. The minimum absolute atomic E-state index is 0.594. The average Bonchev–Trinajstić information content (AvgIpc) is 2.67. The number of hydrogen-bond donors (Lipinski definition) is 2. The second kappa shape index (κ2) is 4.08. The van der Waals surface area contributed by atoms with Crippen molar-refractivity contribution in [2.45, 2.75) is 38.1 Å². The van der Waals surface area contributed by atoms with Crippen LogP contribution in [0.3, 0.4) is 0 Å². The molecule has 0 unspecified atom stereocenters. The van der Waals surface area contributed by atoms with Crippen molar-refractivity contribution >= 4 is 11.8 Å². The fourth-order valence-corrected chi connectivity index (χ4v) is 2.14. The van der Waals surface area contributed by atoms with E-state index in [0.717, 1.165) is 18.5 Å². The van der Waals surface area contributed by atoms with Crippen LogP contribution in [0.1, 0.15) is 31.4 Å². The Hall–Kier alpha value is -1.65. The monoisotopic (exact) mass is 221 g/mol. The molecule has 86 valence electrons. The molecule has 1 aliphatic carbocycles. The summed E-state index contributed by atoms with van der Waals surface area (Å²) in [6.45, 7) is 1.86. The smallest absolute Gasteiger partial charge is 0.329 e. The molecule has 0 bridgehead atoms. The number of anilines is 1. The molecule has 0 atom stereocenters. The molecule has 5 nitrogen and oxygen atoms in total. The number of aliphatic carboxylic acids is 1. The molecule has 1 aliphatic rings. The van der Waals surface area contributed by atoms with Gasteiger partial charge in [-0.05, 0) is 19.8 Å². The lowest BCUT2D eigenvalue weighted by Gasteiger charge is -2.25. The minimum atomic E-state index is -0.833. The fourth-order valence-electron chi connectivity index (χ4n) is 2.14. The maximum Gasteiger partial charge on any atom is 0.329 e. The predicted octanol–water partition coefficient (Wildman–Crippen LogP) is 1.59. The summed E-state index contributed by atoms with van der Waals surface area (Å²) in [4.78, 5) is 19.3. The third-order valence-electron chi connectivity index (χ3n) is 3.04.